The van der Waals surface area contributed by atoms with E-state index in [0.29, 0.717) is 29.5 Å². The van der Waals surface area contributed by atoms with Crippen LogP contribution >= 0.6 is 0 Å². The van der Waals surface area contributed by atoms with Crippen LogP contribution in [0.3, 0.4) is 0 Å². The van der Waals surface area contributed by atoms with E-state index in [4.69, 9.17) is 14.6 Å². The number of likely N-dealkylation sites (tertiary alicyclic amines) is 1. The summed E-state index contributed by atoms with van der Waals surface area (Å²) in [6.45, 7) is 6.66. The number of ether oxygens (including phenoxy) is 2. The van der Waals surface area contributed by atoms with Crippen molar-refractivity contribution in [3.8, 4) is 11.6 Å². The Balaban J connectivity index is 1.17. The molecule has 10 nitrogen and oxygen atoms in total. The summed E-state index contributed by atoms with van der Waals surface area (Å²) in [7, 11) is -3.85. The number of hydrogen-bond donors (Lipinski definition) is 2. The first-order valence-electron chi connectivity index (χ1n) is 12.9. The summed E-state index contributed by atoms with van der Waals surface area (Å²) in [6.07, 6.45) is 1.56. The molecule has 3 aromatic rings. The number of rotatable bonds is 8. The fourth-order valence-electron chi connectivity index (χ4n) is 5.24. The van der Waals surface area contributed by atoms with Crippen LogP contribution in [0, 0.1) is 13.8 Å². The fourth-order valence-corrected chi connectivity index (χ4v) is 5.78. The highest BCUT2D eigenvalue weighted by atomic mass is 32.2. The molecule has 1 amide bonds. The minimum atomic E-state index is -3.85. The van der Waals surface area contributed by atoms with Crippen LogP contribution < -0.4 is 14.6 Å². The molecular weight excluding hydrogens is 518 g/mol. The summed E-state index contributed by atoms with van der Waals surface area (Å²) in [6, 6.07) is 19.1. The number of benzene rings is 2. The molecule has 0 bridgehead atoms. The number of amides is 1. The van der Waals surface area contributed by atoms with Crippen LogP contribution in [0.25, 0.3) is 0 Å². The quantitative estimate of drug-likeness (QED) is 0.428. The van der Waals surface area contributed by atoms with Gasteiger partial charge in [0.05, 0.1) is 11.7 Å². The zero-order chi connectivity index (χ0) is 27.6. The molecular formula is C28H33N5O5S. The molecule has 0 saturated carbocycles. The number of nitrogens with one attached hydrogen (secondary N) is 1. The van der Waals surface area contributed by atoms with Crippen LogP contribution in [0.15, 0.2) is 60.7 Å². The summed E-state index contributed by atoms with van der Waals surface area (Å²) in [5, 5.41) is 5.06. The Morgan fingerprint density at radius 3 is 2.49 bits per heavy atom. The van der Waals surface area contributed by atoms with Gasteiger partial charge in [-0.15, -0.1) is 0 Å². The van der Waals surface area contributed by atoms with Crippen molar-refractivity contribution in [3.63, 3.8) is 0 Å². The van der Waals surface area contributed by atoms with Crippen molar-refractivity contribution in [2.24, 2.45) is 5.14 Å². The first kappa shape index (κ1) is 26.9. The van der Waals surface area contributed by atoms with Crippen LogP contribution in [0.4, 0.5) is 10.5 Å². The van der Waals surface area contributed by atoms with Crippen molar-refractivity contribution in [2.75, 3.05) is 24.4 Å². The minimum Gasteiger partial charge on any atom is -0.447 e. The normalized spacial score (nSPS) is 18.7. The number of nitrogens with zero attached hydrogens (tertiary/aromatic N) is 3. The largest absolute Gasteiger partial charge is 0.447 e. The van der Waals surface area contributed by atoms with Gasteiger partial charge in [-0.2, -0.15) is 8.42 Å². The zero-order valence-corrected chi connectivity index (χ0v) is 22.9. The van der Waals surface area contributed by atoms with E-state index in [2.05, 4.69) is 26.7 Å². The van der Waals surface area contributed by atoms with Crippen LogP contribution in [0.2, 0.25) is 0 Å². The van der Waals surface area contributed by atoms with Crippen LogP contribution in [0.5, 0.6) is 11.6 Å². The molecule has 2 aliphatic heterocycles. The monoisotopic (exact) mass is 551 g/mol. The lowest BCUT2D eigenvalue weighted by molar-refractivity contribution is 0.104. The van der Waals surface area contributed by atoms with E-state index in [9.17, 15) is 13.2 Å². The average Bonchev–Trinajstić information content (AvgIpc) is 3.29. The van der Waals surface area contributed by atoms with E-state index >= 15 is 0 Å². The van der Waals surface area contributed by atoms with Crippen molar-refractivity contribution >= 4 is 22.0 Å². The molecule has 2 aromatic carbocycles. The van der Waals surface area contributed by atoms with Crippen LogP contribution in [-0.2, 0) is 21.5 Å². The third-order valence-corrected chi connectivity index (χ3v) is 7.79. The number of anilines is 1. The third kappa shape index (κ3) is 6.49. The van der Waals surface area contributed by atoms with Gasteiger partial charge in [-0.3, -0.25) is 14.5 Å². The molecule has 0 aliphatic carbocycles. The van der Waals surface area contributed by atoms with E-state index in [1.165, 1.54) is 0 Å². The number of aromatic nitrogens is 1. The van der Waals surface area contributed by atoms with E-state index < -0.39 is 10.2 Å². The molecule has 1 aromatic heterocycles. The van der Waals surface area contributed by atoms with Crippen LogP contribution in [-0.4, -0.2) is 55.0 Å². The van der Waals surface area contributed by atoms with E-state index in [0.717, 1.165) is 49.3 Å². The average molecular weight is 552 g/mol. The summed E-state index contributed by atoms with van der Waals surface area (Å²) >= 11 is 0. The summed E-state index contributed by atoms with van der Waals surface area (Å²) in [5.41, 5.74) is 4.18. The van der Waals surface area contributed by atoms with Gasteiger partial charge < -0.3 is 9.47 Å². The Kier molecular flexibility index (Phi) is 7.74. The molecule has 2 fully saturated rings. The van der Waals surface area contributed by atoms with Gasteiger partial charge in [0.2, 0.25) is 5.88 Å². The number of nitrogens with two attached hydrogens (primary N) is 1. The Bertz CT molecular complexity index is 1440. The molecule has 39 heavy (non-hydrogen) atoms. The number of hydrogen-bond acceptors (Lipinski definition) is 7. The molecule has 11 heteroatoms. The lowest BCUT2D eigenvalue weighted by atomic mass is 9.98. The maximum Gasteiger partial charge on any atom is 0.410 e. The first-order chi connectivity index (χ1) is 18.7. The Hall–Kier alpha value is -3.67. The Morgan fingerprint density at radius 1 is 1.08 bits per heavy atom. The Morgan fingerprint density at radius 2 is 1.82 bits per heavy atom. The van der Waals surface area contributed by atoms with Gasteiger partial charge in [-0.25, -0.2) is 14.9 Å². The predicted molar refractivity (Wildman–Crippen MR) is 148 cm³/mol. The predicted octanol–water partition coefficient (Wildman–Crippen LogP) is 4.26. The molecule has 0 spiro atoms. The second-order valence-corrected chi connectivity index (χ2v) is 11.3. The highest BCUT2D eigenvalue weighted by Gasteiger charge is 2.40. The van der Waals surface area contributed by atoms with Gasteiger partial charge in [0.1, 0.15) is 12.4 Å². The number of aryl methyl sites for hydroxylation is 2. The summed E-state index contributed by atoms with van der Waals surface area (Å²) in [5.74, 6) is 1.00. The van der Waals surface area contributed by atoms with Crippen molar-refractivity contribution in [1.82, 2.24) is 14.8 Å². The van der Waals surface area contributed by atoms with Gasteiger partial charge in [-0.05, 0) is 61.6 Å². The highest BCUT2D eigenvalue weighted by Crippen LogP contribution is 2.33. The maximum absolute atomic E-state index is 12.6. The SMILES string of the molecule is Cc1cc(Oc2ccc(CN3CCC(N4C(=O)OCC4c4ccccc4)CC3)c(C)n2)ccc1NS(N)(=O)=O. The standard InChI is InChI=1S/C28H33N5O5S/c1-19-16-24(9-10-25(19)31-39(29,35)36)38-27-11-8-22(20(2)30-27)17-32-14-12-23(13-15-32)33-26(18-37-28(33)34)21-6-4-3-5-7-21/h3-11,16,23,26,31H,12-15,17-18H2,1-2H3,(H2,29,35,36). The Labute approximate surface area is 228 Å². The van der Waals surface area contributed by atoms with Gasteiger partial charge in [0.15, 0.2) is 0 Å². The topological polar surface area (TPSA) is 127 Å². The first-order valence-corrected chi connectivity index (χ1v) is 14.5. The second-order valence-electron chi connectivity index (χ2n) is 10.0. The van der Waals surface area contributed by atoms with Crippen molar-refractivity contribution in [1.29, 1.82) is 0 Å². The molecule has 1 unspecified atom stereocenters. The summed E-state index contributed by atoms with van der Waals surface area (Å²) in [4.78, 5) is 21.5. The molecule has 5 rings (SSSR count). The number of carbonyl (C=O) groups is 1. The number of piperidine rings is 1. The third-order valence-electron chi connectivity index (χ3n) is 7.28. The molecule has 3 heterocycles. The maximum atomic E-state index is 12.6. The van der Waals surface area contributed by atoms with E-state index in [1.807, 2.05) is 42.2 Å². The van der Waals surface area contributed by atoms with Crippen molar-refractivity contribution < 1.29 is 22.7 Å². The molecule has 0 radical (unpaired) electrons. The van der Waals surface area contributed by atoms with Crippen molar-refractivity contribution in [3.05, 3.63) is 83.0 Å². The minimum absolute atomic E-state index is 0.0285. The zero-order valence-electron chi connectivity index (χ0n) is 22.0. The van der Waals surface area contributed by atoms with Gasteiger partial charge >= 0.3 is 6.09 Å². The van der Waals surface area contributed by atoms with Crippen LogP contribution in [0.1, 0.15) is 41.3 Å². The second kappa shape index (κ2) is 11.2. The lowest BCUT2D eigenvalue weighted by Gasteiger charge is -2.38. The van der Waals surface area contributed by atoms with E-state index in [-0.39, 0.29) is 18.2 Å². The van der Waals surface area contributed by atoms with Gasteiger partial charge in [0, 0.05) is 37.4 Å². The highest BCUT2D eigenvalue weighted by molar-refractivity contribution is 7.90. The number of cyclic esters (lactones) is 1. The fraction of sp³-hybridized carbons (Fsp3) is 0.357. The number of pyridine rings is 1. The van der Waals surface area contributed by atoms with Crippen molar-refractivity contribution in [2.45, 2.75) is 45.3 Å². The molecule has 2 saturated heterocycles. The summed E-state index contributed by atoms with van der Waals surface area (Å²) < 4.78 is 36.2. The van der Waals surface area contributed by atoms with E-state index in [1.54, 1.807) is 25.1 Å². The molecule has 206 valence electrons. The van der Waals surface area contributed by atoms with Gasteiger partial charge in [0.25, 0.3) is 10.2 Å². The molecule has 3 N–H and O–H groups in total. The molecule has 1 atom stereocenters. The van der Waals surface area contributed by atoms with Gasteiger partial charge in [-0.1, -0.05) is 36.4 Å². The molecule has 2 aliphatic rings. The lowest BCUT2D eigenvalue weighted by Crippen LogP contribution is -2.46. The smallest absolute Gasteiger partial charge is 0.410 e. The number of carbonyl (C=O) groups excluding carboxylic acids is 1.